The lowest BCUT2D eigenvalue weighted by atomic mass is 9.83. The standard InChI is InChI=1S/C23H25F2N5O2/c1-14(32)20(27-9-15-6-4-5-7-17(15)24)8-19(26)21-28-10-18(25)22(29-21)30-11-16(12-31)23(2,3)13-30/h4-8,10,12,16H,9,11,13,26H2,1-3H3. The molecular formula is C23H25F2N5O2. The van der Waals surface area contributed by atoms with Crippen molar-refractivity contribution in [2.24, 2.45) is 22.1 Å². The molecule has 1 aliphatic heterocycles. The Morgan fingerprint density at radius 2 is 2.03 bits per heavy atom. The van der Waals surface area contributed by atoms with Gasteiger partial charge in [-0.2, -0.15) is 0 Å². The molecule has 7 nitrogen and oxygen atoms in total. The highest BCUT2D eigenvalue weighted by Gasteiger charge is 2.40. The highest BCUT2D eigenvalue weighted by Crippen LogP contribution is 2.36. The van der Waals surface area contributed by atoms with Gasteiger partial charge in [0.1, 0.15) is 17.8 Å². The fourth-order valence-electron chi connectivity index (χ4n) is 3.53. The number of aliphatic imine (C=N–C) groups is 1. The minimum absolute atomic E-state index is 0.0131. The maximum absolute atomic E-state index is 14.5. The van der Waals surface area contributed by atoms with Crippen molar-refractivity contribution >= 4 is 29.3 Å². The molecule has 3 rings (SSSR count). The summed E-state index contributed by atoms with van der Waals surface area (Å²) in [5.74, 6) is -1.64. The number of nitrogens with zero attached hydrogens (tertiary/aromatic N) is 4. The van der Waals surface area contributed by atoms with Gasteiger partial charge in [-0.3, -0.25) is 9.79 Å². The van der Waals surface area contributed by atoms with Gasteiger partial charge < -0.3 is 15.4 Å². The fraction of sp³-hybridized carbons (Fsp3) is 0.348. The number of nitrogens with two attached hydrogens (primary N) is 1. The number of carbonyl (C=O) groups excluding carboxylic acids is 2. The first-order chi connectivity index (χ1) is 15.1. The van der Waals surface area contributed by atoms with Crippen molar-refractivity contribution in [3.05, 3.63) is 59.6 Å². The van der Waals surface area contributed by atoms with E-state index in [-0.39, 0.29) is 46.7 Å². The summed E-state index contributed by atoms with van der Waals surface area (Å²) in [6.45, 7) is 5.91. The van der Waals surface area contributed by atoms with Gasteiger partial charge >= 0.3 is 0 Å². The number of aromatic nitrogens is 2. The van der Waals surface area contributed by atoms with Crippen molar-refractivity contribution in [2.45, 2.75) is 27.3 Å². The molecule has 9 heteroatoms. The number of benzene rings is 1. The minimum Gasteiger partial charge on any atom is -0.396 e. The number of aldehydes is 1. The number of anilines is 1. The maximum atomic E-state index is 14.5. The van der Waals surface area contributed by atoms with Crippen LogP contribution in [0, 0.1) is 23.0 Å². The number of hydrogen-bond donors (Lipinski definition) is 1. The van der Waals surface area contributed by atoms with E-state index in [1.54, 1.807) is 23.1 Å². The summed E-state index contributed by atoms with van der Waals surface area (Å²) in [7, 11) is 0. The van der Waals surface area contributed by atoms with Crippen LogP contribution in [0.2, 0.25) is 0 Å². The van der Waals surface area contributed by atoms with Crippen LogP contribution in [-0.2, 0) is 16.1 Å². The lowest BCUT2D eigenvalue weighted by Gasteiger charge is -2.22. The lowest BCUT2D eigenvalue weighted by Crippen LogP contribution is -2.25. The second kappa shape index (κ2) is 9.33. The molecule has 2 N–H and O–H groups in total. The van der Waals surface area contributed by atoms with Gasteiger partial charge in [-0.15, -0.1) is 0 Å². The zero-order chi connectivity index (χ0) is 23.5. The molecule has 1 aromatic carbocycles. The fourth-order valence-corrected chi connectivity index (χ4v) is 3.53. The lowest BCUT2D eigenvalue weighted by molar-refractivity contribution is -0.113. The van der Waals surface area contributed by atoms with Gasteiger partial charge in [0, 0.05) is 31.5 Å². The number of allylic oxidation sites excluding steroid dienone is 1. The molecule has 0 radical (unpaired) electrons. The van der Waals surface area contributed by atoms with Gasteiger partial charge in [0.25, 0.3) is 0 Å². The smallest absolute Gasteiger partial charge is 0.183 e. The third-order valence-electron chi connectivity index (χ3n) is 5.50. The second-order valence-electron chi connectivity index (χ2n) is 8.43. The van der Waals surface area contributed by atoms with Crippen molar-refractivity contribution < 1.29 is 18.4 Å². The van der Waals surface area contributed by atoms with Gasteiger partial charge in [-0.25, -0.2) is 18.7 Å². The molecular weight excluding hydrogens is 416 g/mol. The normalized spacial score (nSPS) is 18.7. The molecule has 0 amide bonds. The molecule has 0 bridgehead atoms. The molecule has 32 heavy (non-hydrogen) atoms. The quantitative estimate of drug-likeness (QED) is 0.524. The molecule has 2 aromatic rings. The average molecular weight is 441 g/mol. The van der Waals surface area contributed by atoms with Gasteiger partial charge in [0.2, 0.25) is 0 Å². The summed E-state index contributed by atoms with van der Waals surface area (Å²) < 4.78 is 28.3. The first-order valence-electron chi connectivity index (χ1n) is 10.1. The largest absolute Gasteiger partial charge is 0.396 e. The van der Waals surface area contributed by atoms with E-state index in [2.05, 4.69) is 15.0 Å². The predicted molar refractivity (Wildman–Crippen MR) is 118 cm³/mol. The molecule has 1 aromatic heterocycles. The summed E-state index contributed by atoms with van der Waals surface area (Å²) in [4.78, 5) is 37.4. The minimum atomic E-state index is -0.635. The van der Waals surface area contributed by atoms with Crippen LogP contribution in [0.3, 0.4) is 0 Å². The molecule has 1 fully saturated rings. The van der Waals surface area contributed by atoms with Crippen LogP contribution < -0.4 is 10.6 Å². The Bertz CT molecular complexity index is 1100. The van der Waals surface area contributed by atoms with Gasteiger partial charge in [-0.1, -0.05) is 32.0 Å². The Morgan fingerprint density at radius 1 is 1.31 bits per heavy atom. The number of ketones is 1. The summed E-state index contributed by atoms with van der Waals surface area (Å²) in [6.07, 6.45) is 3.17. The summed E-state index contributed by atoms with van der Waals surface area (Å²) in [5.41, 5.74) is 6.12. The van der Waals surface area contributed by atoms with Gasteiger partial charge in [0.15, 0.2) is 23.2 Å². The van der Waals surface area contributed by atoms with E-state index in [9.17, 15) is 18.4 Å². The van der Waals surface area contributed by atoms with Crippen LogP contribution in [0.5, 0.6) is 0 Å². The van der Waals surface area contributed by atoms with E-state index in [1.165, 1.54) is 19.1 Å². The van der Waals surface area contributed by atoms with Crippen molar-refractivity contribution in [3.8, 4) is 0 Å². The molecule has 168 valence electrons. The van der Waals surface area contributed by atoms with E-state index < -0.39 is 11.6 Å². The summed E-state index contributed by atoms with van der Waals surface area (Å²) in [5, 5.41) is 0. The zero-order valence-corrected chi connectivity index (χ0v) is 18.2. The zero-order valence-electron chi connectivity index (χ0n) is 18.2. The highest BCUT2D eigenvalue weighted by molar-refractivity contribution is 6.44. The van der Waals surface area contributed by atoms with E-state index in [1.807, 2.05) is 13.8 Å². The molecule has 1 aliphatic rings. The van der Waals surface area contributed by atoms with Crippen LogP contribution in [0.25, 0.3) is 5.70 Å². The topological polar surface area (TPSA) is 102 Å². The number of Topliss-reactive ketones (excluding diaryl/α,β-unsaturated/α-hetero) is 1. The van der Waals surface area contributed by atoms with Crippen molar-refractivity contribution in [1.29, 1.82) is 0 Å². The first-order valence-corrected chi connectivity index (χ1v) is 10.1. The molecule has 2 heterocycles. The maximum Gasteiger partial charge on any atom is 0.183 e. The third-order valence-corrected chi connectivity index (χ3v) is 5.50. The van der Waals surface area contributed by atoms with E-state index >= 15 is 0 Å². The third kappa shape index (κ3) is 5.04. The molecule has 1 unspecified atom stereocenters. The summed E-state index contributed by atoms with van der Waals surface area (Å²) >= 11 is 0. The number of rotatable bonds is 7. The van der Waals surface area contributed by atoms with Crippen molar-refractivity contribution in [2.75, 3.05) is 18.0 Å². The number of carbonyl (C=O) groups is 2. The van der Waals surface area contributed by atoms with Crippen LogP contribution in [0.1, 0.15) is 32.2 Å². The van der Waals surface area contributed by atoms with E-state index in [4.69, 9.17) is 5.73 Å². The van der Waals surface area contributed by atoms with Crippen LogP contribution in [0.15, 0.2) is 41.5 Å². The number of hydrogen-bond acceptors (Lipinski definition) is 7. The monoisotopic (exact) mass is 441 g/mol. The first kappa shape index (κ1) is 23.2. The Kier molecular flexibility index (Phi) is 6.76. The molecule has 0 saturated carbocycles. The molecule has 1 saturated heterocycles. The van der Waals surface area contributed by atoms with Crippen LogP contribution in [-0.4, -0.2) is 40.8 Å². The SMILES string of the molecule is CC(=O)C(C=C(N)c1ncc(F)c(N2CC(C=O)C(C)(C)C2)n1)=NCc1ccccc1F. The highest BCUT2D eigenvalue weighted by atomic mass is 19.1. The van der Waals surface area contributed by atoms with E-state index in [0.29, 0.717) is 18.7 Å². The Hall–Kier alpha value is -3.49. The van der Waals surface area contributed by atoms with Crippen LogP contribution >= 0.6 is 0 Å². The van der Waals surface area contributed by atoms with Crippen molar-refractivity contribution in [1.82, 2.24) is 9.97 Å². The van der Waals surface area contributed by atoms with E-state index in [0.717, 1.165) is 12.5 Å². The second-order valence-corrected chi connectivity index (χ2v) is 8.43. The Morgan fingerprint density at radius 3 is 2.66 bits per heavy atom. The average Bonchev–Trinajstić information content (AvgIpc) is 3.06. The molecule has 1 atom stereocenters. The molecule has 0 spiro atoms. The predicted octanol–water partition coefficient (Wildman–Crippen LogP) is 2.95. The van der Waals surface area contributed by atoms with Crippen molar-refractivity contribution in [3.63, 3.8) is 0 Å². The van der Waals surface area contributed by atoms with Crippen LogP contribution in [0.4, 0.5) is 14.6 Å². The van der Waals surface area contributed by atoms with Gasteiger partial charge in [0.05, 0.1) is 18.4 Å². The number of halogens is 2. The summed E-state index contributed by atoms with van der Waals surface area (Å²) in [6, 6.07) is 6.12. The molecule has 0 aliphatic carbocycles. The Balaban J connectivity index is 1.89. The van der Waals surface area contributed by atoms with Gasteiger partial charge in [-0.05, 0) is 17.6 Å². The Labute approximate surface area is 185 Å².